The Kier molecular flexibility index (Phi) is 40.6. The number of rotatable bonds is 38. The van der Waals surface area contributed by atoms with Crippen molar-refractivity contribution in [3.63, 3.8) is 0 Å². The van der Waals surface area contributed by atoms with Crippen LogP contribution in [0.3, 0.4) is 0 Å². The van der Waals surface area contributed by atoms with E-state index in [2.05, 4.69) is 86.8 Å². The van der Waals surface area contributed by atoms with Crippen LogP contribution in [0.4, 0.5) is 0 Å². The lowest BCUT2D eigenvalue weighted by Crippen LogP contribution is -2.28. The van der Waals surface area contributed by atoms with Crippen LogP contribution in [0.25, 0.3) is 0 Å². The first-order valence-corrected chi connectivity index (χ1v) is 21.5. The van der Waals surface area contributed by atoms with E-state index in [0.29, 0.717) is 19.3 Å². The van der Waals surface area contributed by atoms with Crippen LogP contribution in [0.5, 0.6) is 0 Å². The molecule has 0 aromatic carbocycles. The summed E-state index contributed by atoms with van der Waals surface area (Å²) in [6.45, 7) is 3.97. The van der Waals surface area contributed by atoms with Crippen molar-refractivity contribution in [2.45, 2.75) is 200 Å². The largest absolute Gasteiger partial charge is 0.462 e. The van der Waals surface area contributed by atoms with E-state index in [-0.39, 0.29) is 25.2 Å². The Morgan fingerprint density at radius 3 is 1.33 bits per heavy atom. The van der Waals surface area contributed by atoms with Gasteiger partial charge < -0.3 is 14.6 Å². The molecule has 5 nitrogen and oxygen atoms in total. The van der Waals surface area contributed by atoms with E-state index in [1.807, 2.05) is 0 Å². The highest BCUT2D eigenvalue weighted by Gasteiger charge is 2.16. The Labute approximate surface area is 321 Å². The summed E-state index contributed by atoms with van der Waals surface area (Å²) >= 11 is 0. The molecule has 0 radical (unpaired) electrons. The highest BCUT2D eigenvalue weighted by molar-refractivity contribution is 5.70. The summed E-state index contributed by atoms with van der Waals surface area (Å²) in [7, 11) is 0. The molecule has 5 heteroatoms. The van der Waals surface area contributed by atoms with Crippen LogP contribution in [0, 0.1) is 0 Å². The van der Waals surface area contributed by atoms with Gasteiger partial charge in [-0.1, -0.05) is 177 Å². The number of hydrogen-bond donors (Lipinski definition) is 1. The molecule has 0 aliphatic heterocycles. The molecule has 0 bridgehead atoms. The number of hydrogen-bond acceptors (Lipinski definition) is 5. The molecule has 1 atom stereocenters. The molecule has 0 aromatic rings. The summed E-state index contributed by atoms with van der Waals surface area (Å²) in [5.74, 6) is -0.662. The average Bonchev–Trinajstić information content (AvgIpc) is 3.15. The second kappa shape index (κ2) is 42.8. The maximum absolute atomic E-state index is 12.2. The molecular weight excluding hydrogens is 645 g/mol. The Balaban J connectivity index is 3.62. The molecular formula is C47H80O5. The minimum atomic E-state index is -0.797. The van der Waals surface area contributed by atoms with Gasteiger partial charge in [-0.15, -0.1) is 0 Å². The first-order valence-electron chi connectivity index (χ1n) is 21.5. The highest BCUT2D eigenvalue weighted by Crippen LogP contribution is 2.14. The van der Waals surface area contributed by atoms with Gasteiger partial charge in [-0.3, -0.25) is 9.59 Å². The van der Waals surface area contributed by atoms with Gasteiger partial charge in [-0.05, 0) is 77.0 Å². The van der Waals surface area contributed by atoms with Gasteiger partial charge in [0.05, 0.1) is 6.61 Å². The van der Waals surface area contributed by atoms with Gasteiger partial charge in [0.2, 0.25) is 0 Å². The molecule has 0 saturated heterocycles. The minimum Gasteiger partial charge on any atom is -0.462 e. The molecule has 0 aliphatic carbocycles. The van der Waals surface area contributed by atoms with Gasteiger partial charge in [0.1, 0.15) is 6.61 Å². The third-order valence-electron chi connectivity index (χ3n) is 8.98. The summed E-state index contributed by atoms with van der Waals surface area (Å²) < 4.78 is 10.6. The predicted octanol–water partition coefficient (Wildman–Crippen LogP) is 13.7. The Hall–Kier alpha value is -2.66. The first-order chi connectivity index (χ1) is 25.6. The maximum Gasteiger partial charge on any atom is 0.306 e. The van der Waals surface area contributed by atoms with E-state index in [1.54, 1.807) is 0 Å². The number of allylic oxidation sites excluding steroid dienone is 12. The van der Waals surface area contributed by atoms with Crippen molar-refractivity contribution in [3.05, 3.63) is 72.9 Å². The number of ether oxygens (including phenoxy) is 2. The van der Waals surface area contributed by atoms with Crippen LogP contribution >= 0.6 is 0 Å². The lowest BCUT2D eigenvalue weighted by atomic mass is 10.0. The zero-order valence-electron chi connectivity index (χ0n) is 33.8. The van der Waals surface area contributed by atoms with Crippen LogP contribution in [-0.4, -0.2) is 36.4 Å². The number of esters is 2. The quantitative estimate of drug-likeness (QED) is 0.0390. The van der Waals surface area contributed by atoms with Crippen molar-refractivity contribution in [3.8, 4) is 0 Å². The van der Waals surface area contributed by atoms with E-state index in [1.165, 1.54) is 103 Å². The minimum absolute atomic E-state index is 0.0981. The molecule has 0 heterocycles. The van der Waals surface area contributed by atoms with Crippen LogP contribution < -0.4 is 0 Å². The fourth-order valence-corrected chi connectivity index (χ4v) is 5.76. The second-order valence-electron chi connectivity index (χ2n) is 14.0. The standard InChI is InChI=1S/C47H80O5/c1-3-5-7-9-11-13-15-17-19-21-22-23-24-26-28-30-32-34-36-38-40-42-47(50)52-45(43-48)44-51-46(49)41-39-37-35-33-31-29-27-25-20-18-16-14-12-10-8-6-4-2/h6,8,12,14,17-20,27,29,33,35,45,48H,3-5,7,9-11,13,15-16,21-26,28,30-32,34,36-44H2,1-2H3. The van der Waals surface area contributed by atoms with Crippen LogP contribution in [0.1, 0.15) is 194 Å². The molecule has 0 aliphatic rings. The topological polar surface area (TPSA) is 72.8 Å². The Morgan fingerprint density at radius 2 is 0.846 bits per heavy atom. The summed E-state index contributed by atoms with van der Waals surface area (Å²) in [5, 5.41) is 9.57. The molecule has 0 aromatic heterocycles. The molecule has 0 amide bonds. The molecule has 0 saturated carbocycles. The van der Waals surface area contributed by atoms with Gasteiger partial charge in [-0.2, -0.15) is 0 Å². The van der Waals surface area contributed by atoms with Crippen LogP contribution in [0.2, 0.25) is 0 Å². The van der Waals surface area contributed by atoms with Crippen molar-refractivity contribution in [1.82, 2.24) is 0 Å². The van der Waals surface area contributed by atoms with Gasteiger partial charge in [-0.25, -0.2) is 0 Å². The number of aliphatic hydroxyl groups excluding tert-OH is 1. The van der Waals surface area contributed by atoms with E-state index >= 15 is 0 Å². The van der Waals surface area contributed by atoms with Gasteiger partial charge in [0, 0.05) is 12.8 Å². The fourth-order valence-electron chi connectivity index (χ4n) is 5.76. The summed E-state index contributed by atoms with van der Waals surface area (Å²) in [5.41, 5.74) is 0. The second-order valence-corrected chi connectivity index (χ2v) is 14.0. The third-order valence-corrected chi connectivity index (χ3v) is 8.98. The van der Waals surface area contributed by atoms with E-state index in [0.717, 1.165) is 57.8 Å². The normalized spacial score (nSPS) is 12.9. The Bertz CT molecular complexity index is 957. The fraction of sp³-hybridized carbons (Fsp3) is 0.702. The zero-order chi connectivity index (χ0) is 37.8. The summed E-state index contributed by atoms with van der Waals surface area (Å²) in [6.07, 6.45) is 56.9. The predicted molar refractivity (Wildman–Crippen MR) is 223 cm³/mol. The van der Waals surface area contributed by atoms with Crippen molar-refractivity contribution < 1.29 is 24.2 Å². The van der Waals surface area contributed by atoms with Crippen molar-refractivity contribution in [2.75, 3.05) is 13.2 Å². The zero-order valence-corrected chi connectivity index (χ0v) is 33.8. The summed E-state index contributed by atoms with van der Waals surface area (Å²) in [4.78, 5) is 24.3. The molecule has 298 valence electrons. The van der Waals surface area contributed by atoms with Crippen LogP contribution in [-0.2, 0) is 19.1 Å². The summed E-state index contributed by atoms with van der Waals surface area (Å²) in [6, 6.07) is 0. The van der Waals surface area contributed by atoms with Crippen molar-refractivity contribution in [1.29, 1.82) is 0 Å². The Morgan fingerprint density at radius 1 is 0.462 bits per heavy atom. The molecule has 0 rings (SSSR count). The van der Waals surface area contributed by atoms with Gasteiger partial charge in [0.15, 0.2) is 6.10 Å². The number of carbonyl (C=O) groups is 2. The molecule has 0 fully saturated rings. The van der Waals surface area contributed by atoms with E-state index in [4.69, 9.17) is 9.47 Å². The first kappa shape index (κ1) is 49.3. The highest BCUT2D eigenvalue weighted by atomic mass is 16.6. The van der Waals surface area contributed by atoms with Crippen molar-refractivity contribution >= 4 is 11.9 Å². The molecule has 1 unspecified atom stereocenters. The lowest BCUT2D eigenvalue weighted by Gasteiger charge is -2.15. The van der Waals surface area contributed by atoms with Gasteiger partial charge >= 0.3 is 11.9 Å². The van der Waals surface area contributed by atoms with Gasteiger partial charge in [0.25, 0.3) is 0 Å². The number of aliphatic hydroxyl groups is 1. The monoisotopic (exact) mass is 725 g/mol. The number of unbranched alkanes of at least 4 members (excludes halogenated alkanes) is 18. The number of carbonyl (C=O) groups excluding carboxylic acids is 2. The third kappa shape index (κ3) is 40.1. The SMILES string of the molecule is CCC=CCC=CCC=CCC=CCC=CCCCC(=O)OCC(CO)OC(=O)CCCCCCCCCCCCCC=CCCCCCCCC. The molecule has 1 N–H and O–H groups in total. The molecule has 0 spiro atoms. The van der Waals surface area contributed by atoms with Crippen LogP contribution in [0.15, 0.2) is 72.9 Å². The van der Waals surface area contributed by atoms with Crippen molar-refractivity contribution in [2.24, 2.45) is 0 Å². The molecule has 52 heavy (non-hydrogen) atoms. The lowest BCUT2D eigenvalue weighted by molar-refractivity contribution is -0.161. The smallest absolute Gasteiger partial charge is 0.306 e. The van der Waals surface area contributed by atoms with E-state index in [9.17, 15) is 14.7 Å². The maximum atomic E-state index is 12.2. The van der Waals surface area contributed by atoms with E-state index < -0.39 is 6.10 Å². The average molecular weight is 725 g/mol.